The van der Waals surface area contributed by atoms with Crippen LogP contribution in [0.3, 0.4) is 0 Å². The van der Waals surface area contributed by atoms with E-state index < -0.39 is 0 Å². The number of rotatable bonds is 2. The Morgan fingerprint density at radius 3 is 2.80 bits per heavy atom. The van der Waals surface area contributed by atoms with Gasteiger partial charge in [-0.3, -0.25) is 4.90 Å². The number of aromatic hydroxyl groups is 1. The predicted octanol–water partition coefficient (Wildman–Crippen LogP) is 3.02. The topological polar surface area (TPSA) is 30.0 Å². The van der Waals surface area contributed by atoms with E-state index in [2.05, 4.69) is 39.9 Å². The van der Waals surface area contributed by atoms with Gasteiger partial charge in [-0.15, -0.1) is 0 Å². The van der Waals surface area contributed by atoms with Crippen LogP contribution in [0.1, 0.15) is 23.5 Å². The van der Waals surface area contributed by atoms with E-state index in [1.54, 1.807) is 6.07 Å². The summed E-state index contributed by atoms with van der Waals surface area (Å²) < 4.78 is 0. The van der Waals surface area contributed by atoms with Gasteiger partial charge in [-0.05, 0) is 24.1 Å². The highest BCUT2D eigenvalue weighted by molar-refractivity contribution is 5.80. The standard InChI is InChI=1S/C21H25N3O/c1-22-11-12-24-18-9-10-23(13-15-5-2-3-8-20(15)25)14-17(18)16-6-4-7-19(22)21(16)24/h2-8,17-18,25H,9-14H2,1H3/t17-,18-/m0/s1. The Labute approximate surface area is 149 Å². The van der Waals surface area contributed by atoms with Gasteiger partial charge in [0.2, 0.25) is 0 Å². The Morgan fingerprint density at radius 1 is 1.04 bits per heavy atom. The molecular formula is C21H25N3O. The molecule has 1 saturated heterocycles. The lowest BCUT2D eigenvalue weighted by molar-refractivity contribution is 0.184. The lowest BCUT2D eigenvalue weighted by atomic mass is 9.88. The largest absolute Gasteiger partial charge is 0.508 e. The number of para-hydroxylation sites is 2. The summed E-state index contributed by atoms with van der Waals surface area (Å²) in [4.78, 5) is 7.58. The molecule has 2 aromatic carbocycles. The molecular weight excluding hydrogens is 310 g/mol. The van der Waals surface area contributed by atoms with E-state index in [1.807, 2.05) is 18.2 Å². The average Bonchev–Trinajstić information content (AvgIpc) is 2.95. The van der Waals surface area contributed by atoms with Gasteiger partial charge < -0.3 is 14.9 Å². The van der Waals surface area contributed by atoms with Gasteiger partial charge in [0.25, 0.3) is 0 Å². The number of likely N-dealkylation sites (N-methyl/N-ethyl adjacent to an activating group) is 1. The summed E-state index contributed by atoms with van der Waals surface area (Å²) in [5.41, 5.74) is 5.44. The minimum atomic E-state index is 0.417. The third kappa shape index (κ3) is 2.31. The van der Waals surface area contributed by atoms with E-state index >= 15 is 0 Å². The van der Waals surface area contributed by atoms with Gasteiger partial charge in [0.1, 0.15) is 5.75 Å². The summed E-state index contributed by atoms with van der Waals surface area (Å²) in [5, 5.41) is 10.1. The summed E-state index contributed by atoms with van der Waals surface area (Å²) in [5.74, 6) is 1.00. The lowest BCUT2D eigenvalue weighted by Gasteiger charge is -2.41. The monoisotopic (exact) mass is 335 g/mol. The van der Waals surface area contributed by atoms with Gasteiger partial charge in [0.05, 0.1) is 11.4 Å². The molecule has 0 aromatic heterocycles. The Bertz CT molecular complexity index is 805. The molecule has 3 aliphatic heterocycles. The first-order valence-electron chi connectivity index (χ1n) is 9.32. The van der Waals surface area contributed by atoms with E-state index in [9.17, 15) is 5.11 Å². The second-order valence-corrected chi connectivity index (χ2v) is 7.66. The van der Waals surface area contributed by atoms with Gasteiger partial charge in [-0.25, -0.2) is 0 Å². The van der Waals surface area contributed by atoms with Crippen LogP contribution in [0.15, 0.2) is 42.5 Å². The third-order valence-electron chi connectivity index (χ3n) is 6.27. The first-order valence-corrected chi connectivity index (χ1v) is 9.32. The minimum absolute atomic E-state index is 0.417. The summed E-state index contributed by atoms with van der Waals surface area (Å²) in [6, 6.07) is 15.2. The van der Waals surface area contributed by atoms with Crippen LogP contribution in [-0.2, 0) is 6.54 Å². The Balaban J connectivity index is 1.43. The maximum Gasteiger partial charge on any atom is 0.120 e. The quantitative estimate of drug-likeness (QED) is 0.914. The van der Waals surface area contributed by atoms with Gasteiger partial charge >= 0.3 is 0 Å². The second kappa shape index (κ2) is 5.67. The summed E-state index contributed by atoms with van der Waals surface area (Å²) in [7, 11) is 2.21. The summed E-state index contributed by atoms with van der Waals surface area (Å²) in [6.07, 6.45) is 1.20. The SMILES string of the molecule is CN1CCN2c3c(cccc31)[C@@H]1CN(Cc3ccccc3O)CC[C@@H]12. The molecule has 2 atom stereocenters. The van der Waals surface area contributed by atoms with Crippen LogP contribution in [0.4, 0.5) is 11.4 Å². The fourth-order valence-corrected chi connectivity index (χ4v) is 5.01. The number of anilines is 2. The molecule has 4 nitrogen and oxygen atoms in total. The van der Waals surface area contributed by atoms with Crippen molar-refractivity contribution in [3.05, 3.63) is 53.6 Å². The van der Waals surface area contributed by atoms with Gasteiger partial charge in [-0.2, -0.15) is 0 Å². The molecule has 0 amide bonds. The van der Waals surface area contributed by atoms with Gasteiger partial charge in [-0.1, -0.05) is 30.3 Å². The van der Waals surface area contributed by atoms with Crippen LogP contribution in [0.2, 0.25) is 0 Å². The van der Waals surface area contributed by atoms with E-state index in [0.29, 0.717) is 17.7 Å². The number of hydrogen-bond acceptors (Lipinski definition) is 4. The number of nitrogens with zero attached hydrogens (tertiary/aromatic N) is 3. The Kier molecular flexibility index (Phi) is 3.42. The summed E-state index contributed by atoms with van der Waals surface area (Å²) in [6.45, 7) is 5.27. The van der Waals surface area contributed by atoms with Crippen molar-refractivity contribution in [1.29, 1.82) is 0 Å². The number of benzene rings is 2. The van der Waals surface area contributed by atoms with Gasteiger partial charge in [0.15, 0.2) is 0 Å². The number of phenolic OH excluding ortho intramolecular Hbond substituents is 1. The van der Waals surface area contributed by atoms with Crippen molar-refractivity contribution in [2.24, 2.45) is 0 Å². The van der Waals surface area contributed by atoms with Gasteiger partial charge in [0, 0.05) is 57.3 Å². The third-order valence-corrected chi connectivity index (χ3v) is 6.27. The van der Waals surface area contributed by atoms with E-state index in [0.717, 1.165) is 38.3 Å². The molecule has 130 valence electrons. The highest BCUT2D eigenvalue weighted by Gasteiger charge is 2.44. The Morgan fingerprint density at radius 2 is 1.92 bits per heavy atom. The van der Waals surface area contributed by atoms with Crippen LogP contribution in [0.5, 0.6) is 5.75 Å². The molecule has 0 spiro atoms. The van der Waals surface area contributed by atoms with Crippen molar-refractivity contribution in [3.63, 3.8) is 0 Å². The summed E-state index contributed by atoms with van der Waals surface area (Å²) >= 11 is 0. The van der Waals surface area contributed by atoms with Crippen molar-refractivity contribution in [2.45, 2.75) is 24.9 Å². The molecule has 0 aliphatic carbocycles. The normalized spacial score (nSPS) is 25.0. The zero-order valence-corrected chi connectivity index (χ0v) is 14.7. The number of piperidine rings is 1. The zero-order chi connectivity index (χ0) is 17.0. The van der Waals surface area contributed by atoms with Crippen molar-refractivity contribution in [3.8, 4) is 5.75 Å². The molecule has 0 unspecified atom stereocenters. The lowest BCUT2D eigenvalue weighted by Crippen LogP contribution is -2.49. The second-order valence-electron chi connectivity index (χ2n) is 7.66. The Hall–Kier alpha value is -2.20. The molecule has 0 radical (unpaired) electrons. The first-order chi connectivity index (χ1) is 12.2. The van der Waals surface area contributed by atoms with Crippen LogP contribution in [0, 0.1) is 0 Å². The average molecular weight is 335 g/mol. The van der Waals surface area contributed by atoms with Crippen LogP contribution in [-0.4, -0.2) is 49.3 Å². The van der Waals surface area contributed by atoms with E-state index in [1.165, 1.54) is 23.4 Å². The molecule has 0 bridgehead atoms. The first kappa shape index (κ1) is 15.1. The zero-order valence-electron chi connectivity index (χ0n) is 14.7. The maximum atomic E-state index is 10.1. The van der Waals surface area contributed by atoms with E-state index in [-0.39, 0.29) is 0 Å². The van der Waals surface area contributed by atoms with E-state index in [4.69, 9.17) is 0 Å². The van der Waals surface area contributed by atoms with Crippen LogP contribution in [0.25, 0.3) is 0 Å². The number of likely N-dealkylation sites (tertiary alicyclic amines) is 1. The number of phenols is 1. The van der Waals surface area contributed by atoms with Crippen molar-refractivity contribution in [2.75, 3.05) is 43.0 Å². The van der Waals surface area contributed by atoms with Crippen molar-refractivity contribution in [1.82, 2.24) is 4.90 Å². The van der Waals surface area contributed by atoms with Crippen molar-refractivity contribution >= 4 is 11.4 Å². The molecule has 1 fully saturated rings. The maximum absolute atomic E-state index is 10.1. The fraction of sp³-hybridized carbons (Fsp3) is 0.429. The molecule has 3 heterocycles. The fourth-order valence-electron chi connectivity index (χ4n) is 5.01. The highest BCUT2D eigenvalue weighted by Crippen LogP contribution is 2.50. The van der Waals surface area contributed by atoms with Crippen molar-refractivity contribution < 1.29 is 5.11 Å². The molecule has 0 saturated carbocycles. The van der Waals surface area contributed by atoms with Crippen LogP contribution < -0.4 is 9.80 Å². The predicted molar refractivity (Wildman–Crippen MR) is 102 cm³/mol. The smallest absolute Gasteiger partial charge is 0.120 e. The minimum Gasteiger partial charge on any atom is -0.508 e. The molecule has 4 heteroatoms. The molecule has 3 aliphatic rings. The molecule has 25 heavy (non-hydrogen) atoms. The molecule has 5 rings (SSSR count). The van der Waals surface area contributed by atoms with Crippen LogP contribution >= 0.6 is 0 Å². The molecule has 2 aromatic rings. The number of fused-ring (bicyclic) bond motifs is 3. The number of hydrogen-bond donors (Lipinski definition) is 1. The molecule has 1 N–H and O–H groups in total. The highest BCUT2D eigenvalue weighted by atomic mass is 16.3.